The van der Waals surface area contributed by atoms with Crippen molar-refractivity contribution in [2.24, 2.45) is 0 Å². The predicted molar refractivity (Wildman–Crippen MR) is 122 cm³/mol. The molecule has 1 amide bonds. The van der Waals surface area contributed by atoms with Crippen LogP contribution in [0.2, 0.25) is 0 Å². The topological polar surface area (TPSA) is 79.4 Å². The number of anilines is 1. The van der Waals surface area contributed by atoms with Crippen molar-refractivity contribution in [2.75, 3.05) is 18.4 Å². The number of piperidine rings is 1. The van der Waals surface area contributed by atoms with Crippen molar-refractivity contribution in [1.82, 2.24) is 9.29 Å². The van der Waals surface area contributed by atoms with Crippen molar-refractivity contribution in [3.05, 3.63) is 52.0 Å². The highest BCUT2D eigenvalue weighted by molar-refractivity contribution is 7.91. The molecule has 0 saturated carbocycles. The number of carbonyl (C=O) groups is 1. The van der Waals surface area contributed by atoms with Gasteiger partial charge in [0.15, 0.2) is 5.13 Å². The third-order valence-corrected chi connectivity index (χ3v) is 9.38. The van der Waals surface area contributed by atoms with Gasteiger partial charge in [0, 0.05) is 28.4 Å². The summed E-state index contributed by atoms with van der Waals surface area (Å²) in [6.07, 6.45) is 2.89. The number of aryl methyl sites for hydroxylation is 1. The lowest BCUT2D eigenvalue weighted by atomic mass is 10.1. The van der Waals surface area contributed by atoms with Gasteiger partial charge in [-0.15, -0.1) is 22.7 Å². The highest BCUT2D eigenvalue weighted by Gasteiger charge is 2.27. The van der Waals surface area contributed by atoms with E-state index >= 15 is 0 Å². The minimum absolute atomic E-state index is 0.0741. The van der Waals surface area contributed by atoms with E-state index in [1.165, 1.54) is 27.8 Å². The minimum atomic E-state index is -3.49. The molecule has 164 valence electrons. The number of benzene rings is 1. The summed E-state index contributed by atoms with van der Waals surface area (Å²) in [6, 6.07) is 9.32. The fourth-order valence-corrected chi connectivity index (χ4v) is 7.35. The van der Waals surface area contributed by atoms with Crippen molar-refractivity contribution >= 4 is 43.7 Å². The minimum Gasteiger partial charge on any atom is -0.302 e. The van der Waals surface area contributed by atoms with Crippen LogP contribution >= 0.6 is 22.7 Å². The molecule has 1 aliphatic heterocycles. The molecule has 1 N–H and O–H groups in total. The number of sulfonamides is 1. The zero-order chi connectivity index (χ0) is 22.0. The van der Waals surface area contributed by atoms with Gasteiger partial charge in [0.25, 0.3) is 10.0 Å². The number of thiophene rings is 1. The molecule has 10 heteroatoms. The first-order chi connectivity index (χ1) is 14.8. The number of aromatic nitrogens is 1. The molecular formula is C21H22FN3O3S3. The van der Waals surface area contributed by atoms with Crippen LogP contribution in [0.3, 0.4) is 0 Å². The second-order valence-electron chi connectivity index (χ2n) is 7.34. The first kappa shape index (κ1) is 22.1. The molecule has 0 spiro atoms. The molecule has 1 saturated heterocycles. The maximum atomic E-state index is 13.2. The zero-order valence-corrected chi connectivity index (χ0v) is 19.4. The van der Waals surface area contributed by atoms with Gasteiger partial charge < -0.3 is 5.32 Å². The average molecular weight is 480 g/mol. The van der Waals surface area contributed by atoms with Gasteiger partial charge >= 0.3 is 0 Å². The molecule has 1 fully saturated rings. The maximum Gasteiger partial charge on any atom is 0.252 e. The van der Waals surface area contributed by atoms with E-state index in [-0.39, 0.29) is 22.4 Å². The van der Waals surface area contributed by atoms with Gasteiger partial charge in [-0.05, 0) is 56.2 Å². The average Bonchev–Trinajstić information content (AvgIpc) is 3.36. The number of nitrogens with one attached hydrogen (secondary N) is 1. The quantitative estimate of drug-likeness (QED) is 0.557. The monoisotopic (exact) mass is 479 g/mol. The summed E-state index contributed by atoms with van der Waals surface area (Å²) >= 11 is 2.48. The van der Waals surface area contributed by atoms with E-state index in [0.29, 0.717) is 28.8 Å². The van der Waals surface area contributed by atoms with Crippen molar-refractivity contribution in [3.8, 4) is 11.3 Å². The van der Waals surface area contributed by atoms with Crippen LogP contribution in [-0.2, 0) is 21.2 Å². The summed E-state index contributed by atoms with van der Waals surface area (Å²) < 4.78 is 40.5. The third-order valence-electron chi connectivity index (χ3n) is 5.04. The molecule has 1 aliphatic rings. The highest BCUT2D eigenvalue weighted by atomic mass is 32.2. The van der Waals surface area contributed by atoms with Crippen LogP contribution < -0.4 is 5.32 Å². The molecule has 3 heterocycles. The molecule has 0 atom stereocenters. The number of halogens is 1. The van der Waals surface area contributed by atoms with Crippen LogP contribution in [0, 0.1) is 12.7 Å². The van der Waals surface area contributed by atoms with E-state index in [1.54, 1.807) is 24.3 Å². The van der Waals surface area contributed by atoms with Gasteiger partial charge in [0.05, 0.1) is 12.1 Å². The Hall–Kier alpha value is -2.14. The van der Waals surface area contributed by atoms with E-state index in [9.17, 15) is 17.6 Å². The molecule has 0 aliphatic carbocycles. The number of rotatable bonds is 6. The van der Waals surface area contributed by atoms with Gasteiger partial charge in [-0.2, -0.15) is 4.31 Å². The van der Waals surface area contributed by atoms with E-state index < -0.39 is 10.0 Å². The van der Waals surface area contributed by atoms with Crippen LogP contribution in [0.25, 0.3) is 11.3 Å². The number of nitrogens with zero attached hydrogens (tertiary/aromatic N) is 2. The third kappa shape index (κ3) is 5.03. The van der Waals surface area contributed by atoms with Gasteiger partial charge in [-0.25, -0.2) is 17.8 Å². The summed E-state index contributed by atoms with van der Waals surface area (Å²) in [7, 11) is -3.49. The molecule has 31 heavy (non-hydrogen) atoms. The van der Waals surface area contributed by atoms with E-state index in [4.69, 9.17) is 0 Å². The van der Waals surface area contributed by atoms with Crippen molar-refractivity contribution in [3.63, 3.8) is 0 Å². The lowest BCUT2D eigenvalue weighted by Crippen LogP contribution is -2.35. The predicted octanol–water partition coefficient (Wildman–Crippen LogP) is 4.67. The Bertz CT molecular complexity index is 1180. The van der Waals surface area contributed by atoms with Crippen molar-refractivity contribution < 1.29 is 17.6 Å². The summed E-state index contributed by atoms with van der Waals surface area (Å²) in [5, 5.41) is 3.24. The van der Waals surface area contributed by atoms with Crippen LogP contribution in [0.5, 0.6) is 0 Å². The highest BCUT2D eigenvalue weighted by Crippen LogP contribution is 2.31. The summed E-state index contributed by atoms with van der Waals surface area (Å²) in [5.41, 5.74) is 1.48. The van der Waals surface area contributed by atoms with Crippen molar-refractivity contribution in [2.45, 2.75) is 36.8 Å². The Morgan fingerprint density at radius 3 is 2.52 bits per heavy atom. The fraction of sp³-hybridized carbons (Fsp3) is 0.333. The van der Waals surface area contributed by atoms with Crippen molar-refractivity contribution in [1.29, 1.82) is 0 Å². The smallest absolute Gasteiger partial charge is 0.252 e. The Morgan fingerprint density at radius 1 is 1.10 bits per heavy atom. The SMILES string of the molecule is Cc1sc(NC(=O)Cc2ccc(S(=O)(=O)N3CCCCC3)s2)nc1-c1ccc(F)cc1. The Kier molecular flexibility index (Phi) is 6.52. The second kappa shape index (κ2) is 9.15. The standard InChI is InChI=1S/C21H22FN3O3S3/c1-14-20(15-5-7-16(22)8-6-15)24-21(29-14)23-18(26)13-17-9-10-19(30-17)31(27,28)25-11-3-2-4-12-25/h5-10H,2-4,11-13H2,1H3,(H,23,24,26). The summed E-state index contributed by atoms with van der Waals surface area (Å²) in [6.45, 7) is 2.99. The molecule has 6 nitrogen and oxygen atoms in total. The normalized spacial score (nSPS) is 15.2. The number of amides is 1. The van der Waals surface area contributed by atoms with Gasteiger partial charge in [-0.3, -0.25) is 4.79 Å². The zero-order valence-electron chi connectivity index (χ0n) is 16.9. The van der Waals surface area contributed by atoms with E-state index in [0.717, 1.165) is 41.0 Å². The first-order valence-corrected chi connectivity index (χ1v) is 13.0. The Morgan fingerprint density at radius 2 is 1.81 bits per heavy atom. The Balaban J connectivity index is 1.42. The molecule has 2 aromatic heterocycles. The lowest BCUT2D eigenvalue weighted by molar-refractivity contribution is -0.115. The number of carbonyl (C=O) groups excluding carboxylic acids is 1. The summed E-state index contributed by atoms with van der Waals surface area (Å²) in [5.74, 6) is -0.578. The molecule has 0 radical (unpaired) electrons. The fourth-order valence-electron chi connectivity index (χ4n) is 3.47. The lowest BCUT2D eigenvalue weighted by Gasteiger charge is -2.25. The largest absolute Gasteiger partial charge is 0.302 e. The van der Waals surface area contributed by atoms with E-state index in [1.807, 2.05) is 6.92 Å². The maximum absolute atomic E-state index is 13.2. The molecular weight excluding hydrogens is 457 g/mol. The number of hydrogen-bond donors (Lipinski definition) is 1. The van der Waals surface area contributed by atoms with Gasteiger partial charge in [0.1, 0.15) is 10.0 Å². The molecule has 1 aromatic carbocycles. The second-order valence-corrected chi connectivity index (χ2v) is 11.9. The van der Waals surface area contributed by atoms with Crippen LogP contribution in [0.15, 0.2) is 40.6 Å². The molecule has 3 aromatic rings. The molecule has 0 bridgehead atoms. The van der Waals surface area contributed by atoms with Crippen LogP contribution in [0.4, 0.5) is 9.52 Å². The van der Waals surface area contributed by atoms with Crippen LogP contribution in [0.1, 0.15) is 29.0 Å². The molecule has 4 rings (SSSR count). The van der Waals surface area contributed by atoms with Gasteiger partial charge in [-0.1, -0.05) is 6.42 Å². The number of thiazole rings is 1. The Labute approximate surface area is 188 Å². The summed E-state index contributed by atoms with van der Waals surface area (Å²) in [4.78, 5) is 18.5. The van der Waals surface area contributed by atoms with Gasteiger partial charge in [0.2, 0.25) is 5.91 Å². The number of hydrogen-bond acceptors (Lipinski definition) is 6. The first-order valence-electron chi connectivity index (χ1n) is 9.95. The van der Waals surface area contributed by atoms with Crippen LogP contribution in [-0.4, -0.2) is 36.7 Å². The molecule has 0 unspecified atom stereocenters. The van der Waals surface area contributed by atoms with E-state index in [2.05, 4.69) is 10.3 Å².